The molecule has 0 saturated carbocycles. The van der Waals surface area contributed by atoms with Gasteiger partial charge in [-0.1, -0.05) is 6.92 Å². The molecule has 1 aliphatic rings. The van der Waals surface area contributed by atoms with Crippen LogP contribution in [0.4, 0.5) is 4.39 Å². The molecule has 5 heteroatoms. The molecule has 110 valence electrons. The van der Waals surface area contributed by atoms with E-state index in [0.29, 0.717) is 16.0 Å². The monoisotopic (exact) mass is 342 g/mol. The van der Waals surface area contributed by atoms with E-state index in [1.807, 2.05) is 4.90 Å². The molecule has 1 heterocycles. The molecular formula is C15H20BrFN2O. The van der Waals surface area contributed by atoms with Gasteiger partial charge in [-0.15, -0.1) is 0 Å². The Morgan fingerprint density at radius 1 is 1.45 bits per heavy atom. The van der Waals surface area contributed by atoms with E-state index in [4.69, 9.17) is 0 Å². The van der Waals surface area contributed by atoms with Crippen molar-refractivity contribution in [3.63, 3.8) is 0 Å². The number of hydrogen-bond donors (Lipinski definition) is 1. The topological polar surface area (TPSA) is 32.3 Å². The van der Waals surface area contributed by atoms with Crippen LogP contribution in [0, 0.1) is 11.7 Å². The fraction of sp³-hybridized carbons (Fsp3) is 0.533. The Labute approximate surface area is 127 Å². The number of hydrogen-bond acceptors (Lipinski definition) is 2. The third-order valence-electron chi connectivity index (χ3n) is 3.74. The molecular weight excluding hydrogens is 323 g/mol. The molecule has 20 heavy (non-hydrogen) atoms. The highest BCUT2D eigenvalue weighted by molar-refractivity contribution is 9.10. The van der Waals surface area contributed by atoms with Crippen LogP contribution < -0.4 is 5.32 Å². The minimum atomic E-state index is -0.376. The Hall–Kier alpha value is -0.940. The quantitative estimate of drug-likeness (QED) is 0.911. The second kappa shape index (κ2) is 7.18. The van der Waals surface area contributed by atoms with Crippen LogP contribution in [0.2, 0.25) is 0 Å². The second-order valence-corrected chi connectivity index (χ2v) is 6.02. The standard InChI is InChI=1S/C15H20BrFN2O/c1-2-18-10-11-5-7-19(8-6-11)15(20)13-9-12(17)3-4-14(13)16/h3-4,9,11,18H,2,5-8,10H2,1H3. The normalized spacial score (nSPS) is 16.4. The van der Waals surface area contributed by atoms with E-state index in [0.717, 1.165) is 39.0 Å². The summed E-state index contributed by atoms with van der Waals surface area (Å²) in [6.07, 6.45) is 2.01. The summed E-state index contributed by atoms with van der Waals surface area (Å²) in [4.78, 5) is 14.2. The highest BCUT2D eigenvalue weighted by Gasteiger charge is 2.24. The number of amides is 1. The lowest BCUT2D eigenvalue weighted by Crippen LogP contribution is -2.40. The van der Waals surface area contributed by atoms with Crippen molar-refractivity contribution in [3.8, 4) is 0 Å². The summed E-state index contributed by atoms with van der Waals surface area (Å²) in [5.41, 5.74) is 0.412. The van der Waals surface area contributed by atoms with Crippen molar-refractivity contribution >= 4 is 21.8 Å². The summed E-state index contributed by atoms with van der Waals surface area (Å²) in [6.45, 7) is 5.59. The summed E-state index contributed by atoms with van der Waals surface area (Å²) in [5, 5.41) is 3.35. The van der Waals surface area contributed by atoms with Crippen LogP contribution in [-0.4, -0.2) is 37.0 Å². The smallest absolute Gasteiger partial charge is 0.255 e. The molecule has 1 saturated heterocycles. The van der Waals surface area contributed by atoms with E-state index in [9.17, 15) is 9.18 Å². The van der Waals surface area contributed by atoms with Gasteiger partial charge in [0, 0.05) is 17.6 Å². The van der Waals surface area contributed by atoms with Gasteiger partial charge in [-0.25, -0.2) is 4.39 Å². The number of carbonyl (C=O) groups is 1. The molecule has 0 aliphatic carbocycles. The number of nitrogens with one attached hydrogen (secondary N) is 1. The van der Waals surface area contributed by atoms with Crippen molar-refractivity contribution in [1.82, 2.24) is 10.2 Å². The van der Waals surface area contributed by atoms with Crippen LogP contribution in [0.1, 0.15) is 30.1 Å². The van der Waals surface area contributed by atoms with Gasteiger partial charge in [0.1, 0.15) is 5.82 Å². The Bertz CT molecular complexity index is 473. The first-order valence-corrected chi connectivity index (χ1v) is 7.86. The fourth-order valence-corrected chi connectivity index (χ4v) is 2.94. The highest BCUT2D eigenvalue weighted by atomic mass is 79.9. The Kier molecular flexibility index (Phi) is 5.54. The van der Waals surface area contributed by atoms with Gasteiger partial charge in [-0.2, -0.15) is 0 Å². The third-order valence-corrected chi connectivity index (χ3v) is 4.44. The van der Waals surface area contributed by atoms with Crippen LogP contribution in [0.3, 0.4) is 0 Å². The predicted octanol–water partition coefficient (Wildman–Crippen LogP) is 3.05. The lowest BCUT2D eigenvalue weighted by atomic mass is 9.96. The van der Waals surface area contributed by atoms with E-state index in [2.05, 4.69) is 28.2 Å². The molecule has 0 atom stereocenters. The van der Waals surface area contributed by atoms with Crippen molar-refractivity contribution < 1.29 is 9.18 Å². The van der Waals surface area contributed by atoms with Gasteiger partial charge in [0.25, 0.3) is 5.91 Å². The summed E-state index contributed by atoms with van der Waals surface area (Å²) < 4.78 is 13.9. The summed E-state index contributed by atoms with van der Waals surface area (Å²) in [6, 6.07) is 4.24. The van der Waals surface area contributed by atoms with E-state index in [1.54, 1.807) is 6.07 Å². The number of nitrogens with zero attached hydrogens (tertiary/aromatic N) is 1. The number of benzene rings is 1. The fourth-order valence-electron chi connectivity index (χ4n) is 2.52. The molecule has 1 amide bonds. The Morgan fingerprint density at radius 3 is 2.80 bits per heavy atom. The maximum Gasteiger partial charge on any atom is 0.255 e. The van der Waals surface area contributed by atoms with Crippen molar-refractivity contribution in [3.05, 3.63) is 34.1 Å². The average molecular weight is 343 g/mol. The van der Waals surface area contributed by atoms with Crippen molar-refractivity contribution in [2.24, 2.45) is 5.92 Å². The Balaban J connectivity index is 1.96. The van der Waals surface area contributed by atoms with Crippen LogP contribution in [0.25, 0.3) is 0 Å². The number of halogens is 2. The number of rotatable bonds is 4. The molecule has 2 rings (SSSR count). The molecule has 0 aromatic heterocycles. The SMILES string of the molecule is CCNCC1CCN(C(=O)c2cc(F)ccc2Br)CC1. The summed E-state index contributed by atoms with van der Waals surface area (Å²) >= 11 is 3.32. The van der Waals surface area contributed by atoms with Gasteiger partial charge in [0.2, 0.25) is 0 Å². The minimum absolute atomic E-state index is 0.0849. The molecule has 1 N–H and O–H groups in total. The van der Waals surface area contributed by atoms with Crippen LogP contribution in [-0.2, 0) is 0 Å². The molecule has 0 radical (unpaired) electrons. The molecule has 0 spiro atoms. The van der Waals surface area contributed by atoms with Crippen molar-refractivity contribution in [2.45, 2.75) is 19.8 Å². The lowest BCUT2D eigenvalue weighted by Gasteiger charge is -2.32. The van der Waals surface area contributed by atoms with Crippen LogP contribution >= 0.6 is 15.9 Å². The van der Waals surface area contributed by atoms with Gasteiger partial charge in [0.05, 0.1) is 5.56 Å². The molecule has 1 aromatic rings. The first-order valence-electron chi connectivity index (χ1n) is 7.07. The van der Waals surface area contributed by atoms with Crippen LogP contribution in [0.5, 0.6) is 0 Å². The zero-order valence-corrected chi connectivity index (χ0v) is 13.2. The first kappa shape index (κ1) is 15.4. The maximum atomic E-state index is 13.3. The Morgan fingerprint density at radius 2 is 2.15 bits per heavy atom. The zero-order valence-electron chi connectivity index (χ0n) is 11.7. The summed E-state index contributed by atoms with van der Waals surface area (Å²) in [7, 11) is 0. The molecule has 1 aliphatic heterocycles. The van der Waals surface area contributed by atoms with Gasteiger partial charge in [-0.3, -0.25) is 4.79 Å². The van der Waals surface area contributed by atoms with Crippen molar-refractivity contribution in [2.75, 3.05) is 26.2 Å². The molecule has 3 nitrogen and oxygen atoms in total. The highest BCUT2D eigenvalue weighted by Crippen LogP contribution is 2.23. The second-order valence-electron chi connectivity index (χ2n) is 5.17. The maximum absolute atomic E-state index is 13.3. The first-order chi connectivity index (χ1) is 9.61. The van der Waals surface area contributed by atoms with Gasteiger partial charge in [-0.05, 0) is 66.0 Å². The summed E-state index contributed by atoms with van der Waals surface area (Å²) in [5.74, 6) is 0.173. The molecule has 0 unspecified atom stereocenters. The lowest BCUT2D eigenvalue weighted by molar-refractivity contribution is 0.0689. The van der Waals surface area contributed by atoms with E-state index >= 15 is 0 Å². The van der Waals surface area contributed by atoms with E-state index < -0.39 is 0 Å². The third kappa shape index (κ3) is 3.79. The molecule has 1 aromatic carbocycles. The molecule has 0 bridgehead atoms. The number of piperidine rings is 1. The zero-order chi connectivity index (χ0) is 14.5. The van der Waals surface area contributed by atoms with E-state index in [1.165, 1.54) is 12.1 Å². The van der Waals surface area contributed by atoms with Gasteiger partial charge < -0.3 is 10.2 Å². The largest absolute Gasteiger partial charge is 0.339 e. The van der Waals surface area contributed by atoms with E-state index in [-0.39, 0.29) is 11.7 Å². The number of likely N-dealkylation sites (tertiary alicyclic amines) is 1. The predicted molar refractivity (Wildman–Crippen MR) is 81.3 cm³/mol. The van der Waals surface area contributed by atoms with Crippen molar-refractivity contribution in [1.29, 1.82) is 0 Å². The number of carbonyl (C=O) groups excluding carboxylic acids is 1. The van der Waals surface area contributed by atoms with Gasteiger partial charge in [0.15, 0.2) is 0 Å². The van der Waals surface area contributed by atoms with Crippen LogP contribution in [0.15, 0.2) is 22.7 Å². The minimum Gasteiger partial charge on any atom is -0.339 e. The average Bonchev–Trinajstić information content (AvgIpc) is 2.47. The molecule has 1 fully saturated rings. The van der Waals surface area contributed by atoms with Gasteiger partial charge >= 0.3 is 0 Å².